The monoisotopic (exact) mass is 244 g/mol. The van der Waals surface area contributed by atoms with Gasteiger partial charge < -0.3 is 5.73 Å². The summed E-state index contributed by atoms with van der Waals surface area (Å²) in [5.41, 5.74) is 7.16. The van der Waals surface area contributed by atoms with Crippen LogP contribution in [0.3, 0.4) is 0 Å². The van der Waals surface area contributed by atoms with Gasteiger partial charge in [0.2, 0.25) is 0 Å². The smallest absolute Gasteiger partial charge is 0.0534 e. The highest BCUT2D eigenvalue weighted by Gasteiger charge is 2.19. The molecule has 1 atom stereocenters. The zero-order valence-electron chi connectivity index (χ0n) is 9.97. The van der Waals surface area contributed by atoms with Crippen LogP contribution >= 0.6 is 12.4 Å². The number of hydrogen-bond donors (Lipinski definition) is 1. The molecule has 0 radical (unpaired) electrons. The van der Waals surface area contributed by atoms with Crippen molar-refractivity contribution in [2.45, 2.75) is 38.9 Å². The summed E-state index contributed by atoms with van der Waals surface area (Å²) in [5, 5.41) is 4.34. The summed E-state index contributed by atoms with van der Waals surface area (Å²) in [5.74, 6) is 0. The Balaban J connectivity index is 0.00000128. The van der Waals surface area contributed by atoms with Gasteiger partial charge in [-0.2, -0.15) is 5.10 Å². The van der Waals surface area contributed by atoms with Crippen molar-refractivity contribution in [3.05, 3.63) is 18.0 Å². The molecular weight excluding hydrogens is 224 g/mol. The Morgan fingerprint density at radius 2 is 2.31 bits per heavy atom. The summed E-state index contributed by atoms with van der Waals surface area (Å²) in [6.07, 6.45) is 5.22. The minimum absolute atomic E-state index is 0. The molecule has 92 valence electrons. The van der Waals surface area contributed by atoms with Crippen molar-refractivity contribution in [1.82, 2.24) is 14.7 Å². The van der Waals surface area contributed by atoms with Crippen LogP contribution in [0.25, 0.3) is 0 Å². The van der Waals surface area contributed by atoms with Crippen molar-refractivity contribution in [2.75, 3.05) is 13.1 Å². The molecule has 4 nitrogen and oxygen atoms in total. The van der Waals surface area contributed by atoms with Gasteiger partial charge in [0, 0.05) is 43.5 Å². The topological polar surface area (TPSA) is 47.1 Å². The molecule has 0 aliphatic carbocycles. The Kier molecular flexibility index (Phi) is 4.77. The number of rotatable bonds is 3. The lowest BCUT2D eigenvalue weighted by Gasteiger charge is -2.13. The molecule has 1 aliphatic rings. The van der Waals surface area contributed by atoms with Crippen molar-refractivity contribution >= 4 is 12.4 Å². The molecule has 0 saturated carbocycles. The van der Waals surface area contributed by atoms with Crippen LogP contribution in [0.15, 0.2) is 12.4 Å². The number of aromatic nitrogens is 2. The maximum atomic E-state index is 5.87. The number of nitrogens with two attached hydrogens (primary N) is 1. The summed E-state index contributed by atoms with van der Waals surface area (Å²) < 4.78 is 2.01. The third-order valence-electron chi connectivity index (χ3n) is 2.90. The molecule has 1 aromatic rings. The van der Waals surface area contributed by atoms with E-state index in [9.17, 15) is 0 Å². The fourth-order valence-corrected chi connectivity index (χ4v) is 2.01. The van der Waals surface area contributed by atoms with Crippen LogP contribution in [0.2, 0.25) is 0 Å². The van der Waals surface area contributed by atoms with Gasteiger partial charge in [0.15, 0.2) is 0 Å². The predicted molar refractivity (Wildman–Crippen MR) is 67.7 cm³/mol. The third-order valence-corrected chi connectivity index (χ3v) is 2.90. The molecule has 2 rings (SSSR count). The minimum Gasteiger partial charge on any atom is -0.326 e. The van der Waals surface area contributed by atoms with Crippen LogP contribution in [-0.2, 0) is 6.54 Å². The molecule has 1 saturated heterocycles. The lowest BCUT2D eigenvalue weighted by Crippen LogP contribution is -2.26. The van der Waals surface area contributed by atoms with Crippen molar-refractivity contribution in [3.63, 3.8) is 0 Å². The van der Waals surface area contributed by atoms with E-state index in [1.54, 1.807) is 0 Å². The van der Waals surface area contributed by atoms with Crippen LogP contribution in [0.1, 0.15) is 31.9 Å². The van der Waals surface area contributed by atoms with Gasteiger partial charge in [-0.1, -0.05) is 0 Å². The zero-order chi connectivity index (χ0) is 10.8. The highest BCUT2D eigenvalue weighted by molar-refractivity contribution is 5.85. The van der Waals surface area contributed by atoms with E-state index >= 15 is 0 Å². The molecule has 16 heavy (non-hydrogen) atoms. The molecule has 1 fully saturated rings. The first-order chi connectivity index (χ1) is 7.15. The average Bonchev–Trinajstić information content (AvgIpc) is 2.76. The Morgan fingerprint density at radius 3 is 2.81 bits per heavy atom. The van der Waals surface area contributed by atoms with Gasteiger partial charge in [0.05, 0.1) is 6.20 Å². The minimum atomic E-state index is 0. The molecule has 1 aliphatic heterocycles. The van der Waals surface area contributed by atoms with E-state index in [0.29, 0.717) is 12.1 Å². The Bertz CT molecular complexity index is 324. The van der Waals surface area contributed by atoms with Gasteiger partial charge in [0.25, 0.3) is 0 Å². The molecule has 0 amide bonds. The summed E-state index contributed by atoms with van der Waals surface area (Å²) in [6, 6.07) is 0.810. The molecule has 1 aromatic heterocycles. The normalized spacial score (nSPS) is 21.4. The third kappa shape index (κ3) is 3.20. The Hall–Kier alpha value is -0.580. The maximum absolute atomic E-state index is 5.87. The lowest BCUT2D eigenvalue weighted by atomic mass is 10.3. The van der Waals surface area contributed by atoms with Crippen molar-refractivity contribution < 1.29 is 0 Å². The van der Waals surface area contributed by atoms with Crippen LogP contribution in [0.4, 0.5) is 0 Å². The quantitative estimate of drug-likeness (QED) is 0.875. The number of hydrogen-bond acceptors (Lipinski definition) is 3. The molecule has 0 unspecified atom stereocenters. The molecule has 2 N–H and O–H groups in total. The van der Waals surface area contributed by atoms with Crippen molar-refractivity contribution in [1.29, 1.82) is 0 Å². The van der Waals surface area contributed by atoms with Crippen molar-refractivity contribution in [3.8, 4) is 0 Å². The molecule has 0 spiro atoms. The fraction of sp³-hybridized carbons (Fsp3) is 0.727. The maximum Gasteiger partial charge on any atom is 0.0534 e. The fourth-order valence-electron chi connectivity index (χ4n) is 2.01. The predicted octanol–water partition coefficient (Wildman–Crippen LogP) is 1.42. The molecule has 5 heteroatoms. The van der Waals surface area contributed by atoms with Gasteiger partial charge >= 0.3 is 0 Å². The molecule has 0 aromatic carbocycles. The number of likely N-dealkylation sites (tertiary alicyclic amines) is 1. The van der Waals surface area contributed by atoms with Gasteiger partial charge in [-0.25, -0.2) is 0 Å². The van der Waals surface area contributed by atoms with Gasteiger partial charge in [0.1, 0.15) is 0 Å². The van der Waals surface area contributed by atoms with Crippen LogP contribution in [-0.4, -0.2) is 33.8 Å². The molecule has 0 bridgehead atoms. The van der Waals surface area contributed by atoms with E-state index < -0.39 is 0 Å². The summed E-state index contributed by atoms with van der Waals surface area (Å²) in [6.45, 7) is 7.41. The van der Waals surface area contributed by atoms with Gasteiger partial charge in [-0.05, 0) is 20.3 Å². The number of nitrogens with zero attached hydrogens (tertiary/aromatic N) is 3. The van der Waals surface area contributed by atoms with Crippen molar-refractivity contribution in [2.24, 2.45) is 5.73 Å². The van der Waals surface area contributed by atoms with Gasteiger partial charge in [-0.3, -0.25) is 9.58 Å². The van der Waals surface area contributed by atoms with E-state index in [-0.39, 0.29) is 12.4 Å². The van der Waals surface area contributed by atoms with Crippen LogP contribution in [0.5, 0.6) is 0 Å². The van der Waals surface area contributed by atoms with E-state index in [4.69, 9.17) is 5.73 Å². The second kappa shape index (κ2) is 5.66. The molecular formula is C11H21ClN4. The standard InChI is InChI=1S/C11H20N4.ClH/c1-9(2)15-7-10(5-13-15)6-14-4-3-11(12)8-14;/h5,7,9,11H,3-4,6,8,12H2,1-2H3;1H/t11-;/m1./s1. The average molecular weight is 245 g/mol. The first kappa shape index (κ1) is 13.5. The summed E-state index contributed by atoms with van der Waals surface area (Å²) >= 11 is 0. The highest BCUT2D eigenvalue weighted by atomic mass is 35.5. The van der Waals surface area contributed by atoms with E-state index in [2.05, 4.69) is 30.0 Å². The second-order valence-electron chi connectivity index (χ2n) is 4.71. The highest BCUT2D eigenvalue weighted by Crippen LogP contribution is 2.12. The van der Waals surface area contributed by atoms with Crippen LogP contribution < -0.4 is 5.73 Å². The lowest BCUT2D eigenvalue weighted by molar-refractivity contribution is 0.326. The largest absolute Gasteiger partial charge is 0.326 e. The van der Waals surface area contributed by atoms with Crippen LogP contribution in [0, 0.1) is 0 Å². The first-order valence-electron chi connectivity index (χ1n) is 5.66. The summed E-state index contributed by atoms with van der Waals surface area (Å²) in [4.78, 5) is 2.40. The Labute approximate surface area is 103 Å². The SMILES string of the molecule is CC(C)n1cc(CN2CC[C@@H](N)C2)cn1.Cl. The Morgan fingerprint density at radius 1 is 1.56 bits per heavy atom. The van der Waals surface area contributed by atoms with E-state index in [1.807, 2.05) is 10.9 Å². The van der Waals surface area contributed by atoms with E-state index in [0.717, 1.165) is 26.1 Å². The zero-order valence-corrected chi connectivity index (χ0v) is 10.8. The van der Waals surface area contributed by atoms with Gasteiger partial charge in [-0.15, -0.1) is 12.4 Å². The first-order valence-corrected chi connectivity index (χ1v) is 5.66. The molecule has 2 heterocycles. The van der Waals surface area contributed by atoms with E-state index in [1.165, 1.54) is 5.56 Å². The number of halogens is 1. The summed E-state index contributed by atoms with van der Waals surface area (Å²) in [7, 11) is 0. The second-order valence-corrected chi connectivity index (χ2v) is 4.71.